The molecule has 1 heterocycles. The molecule has 0 bridgehead atoms. The van der Waals surface area contributed by atoms with Crippen LogP contribution >= 0.6 is 0 Å². The number of esters is 1. The molecule has 0 radical (unpaired) electrons. The third kappa shape index (κ3) is 8.40. The molecular formula is C29H40N4O4. The quantitative estimate of drug-likeness (QED) is 0.265. The molecule has 6 N–H and O–H groups in total. The van der Waals surface area contributed by atoms with Crippen LogP contribution in [0.3, 0.4) is 0 Å². The summed E-state index contributed by atoms with van der Waals surface area (Å²) < 4.78 is 5.56. The average molecular weight is 509 g/mol. The van der Waals surface area contributed by atoms with E-state index in [9.17, 15) is 14.4 Å². The minimum atomic E-state index is -1.21. The monoisotopic (exact) mass is 508 g/mol. The summed E-state index contributed by atoms with van der Waals surface area (Å²) in [7, 11) is 0. The van der Waals surface area contributed by atoms with Gasteiger partial charge >= 0.3 is 5.97 Å². The minimum absolute atomic E-state index is 0.274. The predicted molar refractivity (Wildman–Crippen MR) is 143 cm³/mol. The predicted octanol–water partition coefficient (Wildman–Crippen LogP) is 2.77. The number of primary amides is 1. The summed E-state index contributed by atoms with van der Waals surface area (Å²) in [6.45, 7) is 0.979. The number of ether oxygens (including phenoxy) is 1. The van der Waals surface area contributed by atoms with Gasteiger partial charge in [-0.2, -0.15) is 0 Å². The fourth-order valence-corrected chi connectivity index (χ4v) is 4.77. The lowest BCUT2D eigenvalue weighted by Gasteiger charge is -2.27. The molecule has 8 heteroatoms. The van der Waals surface area contributed by atoms with Gasteiger partial charge in [-0.25, -0.2) is 4.79 Å². The van der Waals surface area contributed by atoms with Crippen molar-refractivity contribution in [3.63, 3.8) is 0 Å². The van der Waals surface area contributed by atoms with E-state index < -0.39 is 30.1 Å². The molecule has 1 fully saturated rings. The topological polar surface area (TPSA) is 142 Å². The first kappa shape index (κ1) is 28.3. The van der Waals surface area contributed by atoms with Crippen LogP contribution in [0.4, 0.5) is 0 Å². The molecular weight excluding hydrogens is 468 g/mol. The van der Waals surface area contributed by atoms with Crippen molar-refractivity contribution in [2.45, 2.75) is 76.0 Å². The van der Waals surface area contributed by atoms with Crippen molar-refractivity contribution in [3.8, 4) is 0 Å². The van der Waals surface area contributed by atoms with Crippen molar-refractivity contribution in [3.05, 3.63) is 71.3 Å². The minimum Gasteiger partial charge on any atom is -0.446 e. The molecule has 0 aliphatic carbocycles. The Morgan fingerprint density at radius 1 is 0.919 bits per heavy atom. The number of hydrogen-bond donors (Lipinski definition) is 3. The van der Waals surface area contributed by atoms with Crippen LogP contribution in [0.2, 0.25) is 0 Å². The summed E-state index contributed by atoms with van der Waals surface area (Å²) in [5, 5.41) is 0. The highest BCUT2D eigenvalue weighted by atomic mass is 16.5. The first-order chi connectivity index (χ1) is 17.9. The van der Waals surface area contributed by atoms with Gasteiger partial charge in [-0.3, -0.25) is 9.59 Å². The van der Waals surface area contributed by atoms with Gasteiger partial charge in [-0.1, -0.05) is 61.0 Å². The summed E-state index contributed by atoms with van der Waals surface area (Å²) in [5.74, 6) is -1.66. The van der Waals surface area contributed by atoms with Crippen molar-refractivity contribution < 1.29 is 19.1 Å². The standard InChI is InChI=1S/C29H40N4O4/c30-19-7-6-13-24(31)28(35)33-20-8-14-25(33)29(36)37-26(27(32)34)23-17-15-22(16-18-23)12-5-4-11-21-9-2-1-3-10-21/h1-3,9-10,15-18,24-26H,4-8,11-14,19-20,30-31H2,(H2,32,34)/t24-,25-,26?/m0/s1. The summed E-state index contributed by atoms with van der Waals surface area (Å²) in [6.07, 6.45) is 6.05. The molecule has 1 aliphatic rings. The van der Waals surface area contributed by atoms with E-state index in [2.05, 4.69) is 24.3 Å². The van der Waals surface area contributed by atoms with Crippen LogP contribution in [0.1, 0.15) is 67.7 Å². The first-order valence-electron chi connectivity index (χ1n) is 13.3. The van der Waals surface area contributed by atoms with Crippen molar-refractivity contribution in [2.24, 2.45) is 17.2 Å². The van der Waals surface area contributed by atoms with Crippen molar-refractivity contribution in [2.75, 3.05) is 13.1 Å². The van der Waals surface area contributed by atoms with E-state index in [1.165, 1.54) is 10.5 Å². The number of benzene rings is 2. The lowest BCUT2D eigenvalue weighted by molar-refractivity contribution is -0.162. The van der Waals surface area contributed by atoms with Crippen LogP contribution in [0.5, 0.6) is 0 Å². The van der Waals surface area contributed by atoms with Gasteiger partial charge in [0.2, 0.25) is 12.0 Å². The fourth-order valence-electron chi connectivity index (χ4n) is 4.77. The second-order valence-corrected chi connectivity index (χ2v) is 9.73. The number of amides is 2. The zero-order valence-electron chi connectivity index (χ0n) is 21.5. The summed E-state index contributed by atoms with van der Waals surface area (Å²) >= 11 is 0. The lowest BCUT2D eigenvalue weighted by atomic mass is 10.0. The summed E-state index contributed by atoms with van der Waals surface area (Å²) in [5.41, 5.74) is 20.2. The Hall–Kier alpha value is -3.23. The van der Waals surface area contributed by atoms with Gasteiger partial charge in [0, 0.05) is 12.1 Å². The summed E-state index contributed by atoms with van der Waals surface area (Å²) in [4.78, 5) is 39.5. The van der Waals surface area contributed by atoms with Gasteiger partial charge in [0.25, 0.3) is 5.91 Å². The Kier molecular flexibility index (Phi) is 11.1. The lowest BCUT2D eigenvalue weighted by Crippen LogP contribution is -2.49. The average Bonchev–Trinajstić information content (AvgIpc) is 3.40. The first-order valence-corrected chi connectivity index (χ1v) is 13.3. The molecule has 1 unspecified atom stereocenters. The molecule has 3 rings (SSSR count). The summed E-state index contributed by atoms with van der Waals surface area (Å²) in [6, 6.07) is 16.4. The van der Waals surface area contributed by atoms with Crippen molar-refractivity contribution in [1.29, 1.82) is 0 Å². The molecule has 2 amide bonds. The molecule has 2 aromatic carbocycles. The number of unbranched alkanes of at least 4 members (excludes halogenated alkanes) is 2. The smallest absolute Gasteiger partial charge is 0.329 e. The molecule has 8 nitrogen and oxygen atoms in total. The Bertz CT molecular complexity index is 1010. The van der Waals surface area contributed by atoms with Gasteiger partial charge < -0.3 is 26.8 Å². The molecule has 37 heavy (non-hydrogen) atoms. The maximum Gasteiger partial charge on any atom is 0.329 e. The Morgan fingerprint density at radius 2 is 1.57 bits per heavy atom. The molecule has 0 saturated carbocycles. The van der Waals surface area contributed by atoms with Crippen LogP contribution in [0.25, 0.3) is 0 Å². The zero-order valence-corrected chi connectivity index (χ0v) is 21.5. The van der Waals surface area contributed by atoms with Gasteiger partial charge in [-0.05, 0) is 69.0 Å². The highest BCUT2D eigenvalue weighted by Crippen LogP contribution is 2.25. The number of nitrogens with zero attached hydrogens (tertiary/aromatic N) is 1. The maximum absolute atomic E-state index is 13.0. The second kappa shape index (κ2) is 14.5. The van der Waals surface area contributed by atoms with Crippen molar-refractivity contribution in [1.82, 2.24) is 4.90 Å². The van der Waals surface area contributed by atoms with Gasteiger partial charge in [0.1, 0.15) is 6.04 Å². The zero-order chi connectivity index (χ0) is 26.6. The third-order valence-electron chi connectivity index (χ3n) is 6.89. The Balaban J connectivity index is 1.54. The number of aryl methyl sites for hydroxylation is 2. The van der Waals surface area contributed by atoms with Crippen LogP contribution in [0, 0.1) is 0 Å². The largest absolute Gasteiger partial charge is 0.446 e. The van der Waals surface area contributed by atoms with Crippen LogP contribution in [-0.2, 0) is 32.0 Å². The van der Waals surface area contributed by atoms with Gasteiger partial charge in [0.15, 0.2) is 0 Å². The van der Waals surface area contributed by atoms with Gasteiger partial charge in [0.05, 0.1) is 6.04 Å². The molecule has 1 saturated heterocycles. The van der Waals surface area contributed by atoms with E-state index in [0.717, 1.165) is 44.1 Å². The van der Waals surface area contributed by atoms with E-state index in [1.54, 1.807) is 12.1 Å². The number of nitrogens with two attached hydrogens (primary N) is 3. The molecule has 0 aromatic heterocycles. The number of hydrogen-bond acceptors (Lipinski definition) is 6. The SMILES string of the molecule is NCCCC[C@H](N)C(=O)N1CCC[C@H]1C(=O)OC(C(N)=O)c1ccc(CCCCc2ccccc2)cc1. The van der Waals surface area contributed by atoms with Crippen molar-refractivity contribution >= 4 is 17.8 Å². The van der Waals surface area contributed by atoms with E-state index in [-0.39, 0.29) is 5.91 Å². The van der Waals surface area contributed by atoms with Crippen LogP contribution in [0.15, 0.2) is 54.6 Å². The third-order valence-corrected chi connectivity index (χ3v) is 6.89. The normalized spacial score (nSPS) is 16.8. The molecule has 2 aromatic rings. The maximum atomic E-state index is 13.0. The van der Waals surface area contributed by atoms with E-state index in [4.69, 9.17) is 21.9 Å². The number of carbonyl (C=O) groups excluding carboxylic acids is 3. The molecule has 0 spiro atoms. The Labute approximate surface area is 219 Å². The van der Waals surface area contributed by atoms with E-state index in [0.29, 0.717) is 37.9 Å². The molecule has 200 valence electrons. The van der Waals surface area contributed by atoms with E-state index >= 15 is 0 Å². The van der Waals surface area contributed by atoms with Crippen LogP contribution in [-0.4, -0.2) is 47.9 Å². The van der Waals surface area contributed by atoms with Gasteiger partial charge in [-0.15, -0.1) is 0 Å². The molecule has 3 atom stereocenters. The Morgan fingerprint density at radius 3 is 2.19 bits per heavy atom. The second-order valence-electron chi connectivity index (χ2n) is 9.73. The fraction of sp³-hybridized carbons (Fsp3) is 0.483. The highest BCUT2D eigenvalue weighted by Gasteiger charge is 2.38. The van der Waals surface area contributed by atoms with E-state index in [1.807, 2.05) is 18.2 Å². The molecule has 1 aliphatic heterocycles. The highest BCUT2D eigenvalue weighted by molar-refractivity contribution is 5.90. The van der Waals surface area contributed by atoms with Crippen LogP contribution < -0.4 is 17.2 Å². The number of rotatable bonds is 14. The number of carbonyl (C=O) groups is 3. The number of likely N-dealkylation sites (tertiary alicyclic amines) is 1.